The van der Waals surface area contributed by atoms with Crippen molar-refractivity contribution in [1.29, 1.82) is 0 Å². The number of aliphatic imine (C=N–C) groups is 1. The predicted octanol–water partition coefficient (Wildman–Crippen LogP) is 4.03. The molecule has 7 nitrogen and oxygen atoms in total. The number of fused-ring (bicyclic) bond motifs is 1. The molecule has 1 aromatic carbocycles. The average molecular weight is 506 g/mol. The highest BCUT2D eigenvalue weighted by Crippen LogP contribution is 2.36. The number of carbonyl (C=O) groups is 1. The molecule has 1 amide bonds. The number of sulfone groups is 1. The second-order valence-electron chi connectivity index (χ2n) is 7.09. The van der Waals surface area contributed by atoms with Crippen molar-refractivity contribution >= 4 is 43.2 Å². The van der Waals surface area contributed by atoms with Gasteiger partial charge in [0.2, 0.25) is 5.91 Å². The lowest BCUT2D eigenvalue weighted by Gasteiger charge is -2.12. The zero-order chi connectivity index (χ0) is 22.2. The second kappa shape index (κ2) is 8.35. The van der Waals surface area contributed by atoms with Crippen LogP contribution in [-0.2, 0) is 21.1 Å². The van der Waals surface area contributed by atoms with E-state index in [1.807, 2.05) is 6.08 Å². The molecule has 0 radical (unpaired) electrons. The van der Waals surface area contributed by atoms with Gasteiger partial charge in [-0.15, -0.1) is 0 Å². The highest BCUT2D eigenvalue weighted by molar-refractivity contribution is 9.10. The summed E-state index contributed by atoms with van der Waals surface area (Å²) in [6.45, 7) is 1.65. The Morgan fingerprint density at radius 3 is 2.87 bits per heavy atom. The van der Waals surface area contributed by atoms with E-state index in [0.29, 0.717) is 33.5 Å². The maximum absolute atomic E-state index is 14.3. The van der Waals surface area contributed by atoms with Gasteiger partial charge < -0.3 is 9.84 Å². The van der Waals surface area contributed by atoms with E-state index in [0.717, 1.165) is 0 Å². The largest absolute Gasteiger partial charge is 0.360 e. The third kappa shape index (κ3) is 4.59. The van der Waals surface area contributed by atoms with Crippen molar-refractivity contribution in [3.63, 3.8) is 0 Å². The first-order valence-electron chi connectivity index (χ1n) is 9.31. The van der Waals surface area contributed by atoms with Crippen LogP contribution in [0, 0.1) is 12.7 Å². The molecule has 0 bridgehead atoms. The molecule has 0 saturated heterocycles. The number of amides is 1. The van der Waals surface area contributed by atoms with E-state index in [4.69, 9.17) is 4.52 Å². The number of aryl methyl sites for hydroxylation is 1. The van der Waals surface area contributed by atoms with Gasteiger partial charge in [0.1, 0.15) is 17.3 Å². The molecule has 2 heterocycles. The van der Waals surface area contributed by atoms with Crippen molar-refractivity contribution in [2.45, 2.75) is 19.8 Å². The molecule has 2 aliphatic rings. The van der Waals surface area contributed by atoms with E-state index in [1.54, 1.807) is 31.2 Å². The predicted molar refractivity (Wildman–Crippen MR) is 118 cm³/mol. The number of hydrogen-bond donors (Lipinski definition) is 1. The minimum absolute atomic E-state index is 0.0230. The third-order valence-corrected chi connectivity index (χ3v) is 6.90. The molecule has 160 valence electrons. The number of aromatic nitrogens is 1. The smallest absolute Gasteiger partial charge is 0.241 e. The van der Waals surface area contributed by atoms with Gasteiger partial charge in [-0.2, -0.15) is 0 Å². The maximum atomic E-state index is 14.3. The summed E-state index contributed by atoms with van der Waals surface area (Å²) < 4.78 is 46.3. The minimum atomic E-state index is -4.08. The number of halogens is 2. The Kier molecular flexibility index (Phi) is 5.76. The quantitative estimate of drug-likeness (QED) is 0.638. The van der Waals surface area contributed by atoms with Crippen LogP contribution in [-0.4, -0.2) is 30.9 Å². The molecule has 0 saturated carbocycles. The lowest BCUT2D eigenvalue weighted by atomic mass is 10.0. The first-order chi connectivity index (χ1) is 14.7. The summed E-state index contributed by atoms with van der Waals surface area (Å²) in [6.07, 6.45) is 5.68. The zero-order valence-electron chi connectivity index (χ0n) is 16.4. The fourth-order valence-electron chi connectivity index (χ4n) is 3.41. The number of benzene rings is 1. The van der Waals surface area contributed by atoms with Crippen LogP contribution in [0.15, 0.2) is 72.7 Å². The van der Waals surface area contributed by atoms with Crippen LogP contribution in [0.5, 0.6) is 0 Å². The highest BCUT2D eigenvalue weighted by atomic mass is 79.9. The molecule has 1 aliphatic heterocycles. The first-order valence-corrected chi connectivity index (χ1v) is 11.8. The topological polar surface area (TPSA) is 102 Å². The van der Waals surface area contributed by atoms with E-state index in [-0.39, 0.29) is 22.8 Å². The molecule has 1 N–H and O–H groups in total. The van der Waals surface area contributed by atoms with E-state index < -0.39 is 27.3 Å². The van der Waals surface area contributed by atoms with Crippen LogP contribution in [0.2, 0.25) is 0 Å². The maximum Gasteiger partial charge on any atom is 0.241 e. The summed E-state index contributed by atoms with van der Waals surface area (Å²) in [7, 11) is -4.08. The van der Waals surface area contributed by atoms with Gasteiger partial charge in [0.05, 0.1) is 16.3 Å². The van der Waals surface area contributed by atoms with Gasteiger partial charge in [-0.25, -0.2) is 12.8 Å². The van der Waals surface area contributed by atoms with Crippen LogP contribution < -0.4 is 5.32 Å². The number of allylic oxidation sites excluding steroid dienone is 5. The standard InChI is InChI=1S/C21H17BrFN3O4S/c1-12-8-19(26-30-12)25-20(27)11-31(28,29)21-15-4-2-3-5-17(15)24-18(21)10-13-9-14(22)6-7-16(13)23/h2-4,6-9H,5,10-11H2,1H3,(H,25,26,27). The van der Waals surface area contributed by atoms with Crippen LogP contribution in [0.1, 0.15) is 17.7 Å². The number of hydrogen-bond acceptors (Lipinski definition) is 6. The van der Waals surface area contributed by atoms with Crippen molar-refractivity contribution in [2.75, 3.05) is 11.1 Å². The molecule has 0 unspecified atom stereocenters. The monoisotopic (exact) mass is 505 g/mol. The van der Waals surface area contributed by atoms with Crippen molar-refractivity contribution in [1.82, 2.24) is 5.16 Å². The first kappa shape index (κ1) is 21.4. The zero-order valence-corrected chi connectivity index (χ0v) is 18.8. The second-order valence-corrected chi connectivity index (χ2v) is 9.93. The van der Waals surface area contributed by atoms with E-state index >= 15 is 0 Å². The molecule has 0 fully saturated rings. The summed E-state index contributed by atoms with van der Waals surface area (Å²) in [4.78, 5) is 16.8. The van der Waals surface area contributed by atoms with Crippen LogP contribution in [0.4, 0.5) is 10.2 Å². The molecule has 0 spiro atoms. The van der Waals surface area contributed by atoms with Crippen LogP contribution in [0.3, 0.4) is 0 Å². The fraction of sp³-hybridized carbons (Fsp3) is 0.190. The molecule has 2 aromatic rings. The van der Waals surface area contributed by atoms with Gasteiger partial charge in [0.15, 0.2) is 15.7 Å². The van der Waals surface area contributed by atoms with Gasteiger partial charge in [-0.3, -0.25) is 9.79 Å². The van der Waals surface area contributed by atoms with Crippen molar-refractivity contribution in [2.24, 2.45) is 4.99 Å². The number of nitrogens with one attached hydrogen (secondary N) is 1. The summed E-state index contributed by atoms with van der Waals surface area (Å²) >= 11 is 3.30. The van der Waals surface area contributed by atoms with Crippen molar-refractivity contribution in [3.8, 4) is 0 Å². The van der Waals surface area contributed by atoms with E-state index in [2.05, 4.69) is 31.4 Å². The molecule has 10 heteroatoms. The van der Waals surface area contributed by atoms with E-state index in [1.165, 1.54) is 12.1 Å². The normalized spacial score (nSPS) is 15.6. The van der Waals surface area contributed by atoms with Gasteiger partial charge in [-0.1, -0.05) is 39.3 Å². The molecule has 0 atom stereocenters. The summed E-state index contributed by atoms with van der Waals surface area (Å²) in [5.41, 5.74) is 1.54. The Balaban J connectivity index is 1.67. The fourth-order valence-corrected chi connectivity index (χ4v) is 5.37. The number of nitrogens with zero attached hydrogens (tertiary/aromatic N) is 2. The van der Waals surface area contributed by atoms with Crippen LogP contribution in [0.25, 0.3) is 0 Å². The van der Waals surface area contributed by atoms with Crippen molar-refractivity contribution < 1.29 is 22.1 Å². The average Bonchev–Trinajstić information content (AvgIpc) is 3.27. The minimum Gasteiger partial charge on any atom is -0.360 e. The SMILES string of the molecule is Cc1cc(NC(=O)CS(=O)(=O)C2=C(Cc3cc(Br)ccc3F)N=C3CC=CC=C32)no1. The van der Waals surface area contributed by atoms with Crippen molar-refractivity contribution in [3.05, 3.63) is 80.3 Å². The summed E-state index contributed by atoms with van der Waals surface area (Å²) in [5, 5.41) is 6.05. The number of rotatable bonds is 6. The Hall–Kier alpha value is -2.85. The number of carbonyl (C=O) groups excluding carboxylic acids is 1. The van der Waals surface area contributed by atoms with Crippen LogP contribution >= 0.6 is 15.9 Å². The van der Waals surface area contributed by atoms with Gasteiger partial charge in [0.25, 0.3) is 0 Å². The highest BCUT2D eigenvalue weighted by Gasteiger charge is 2.35. The lowest BCUT2D eigenvalue weighted by molar-refractivity contribution is -0.113. The summed E-state index contributed by atoms with van der Waals surface area (Å²) in [6, 6.07) is 5.93. The molecule has 1 aliphatic carbocycles. The third-order valence-electron chi connectivity index (χ3n) is 4.69. The lowest BCUT2D eigenvalue weighted by Crippen LogP contribution is -2.25. The van der Waals surface area contributed by atoms with Gasteiger partial charge in [-0.05, 0) is 30.7 Å². The molecule has 1 aromatic heterocycles. The molecule has 31 heavy (non-hydrogen) atoms. The Morgan fingerprint density at radius 1 is 1.32 bits per heavy atom. The molecular weight excluding hydrogens is 489 g/mol. The molecule has 4 rings (SSSR count). The summed E-state index contributed by atoms with van der Waals surface area (Å²) in [5.74, 6) is -1.41. The number of anilines is 1. The van der Waals surface area contributed by atoms with Gasteiger partial charge in [0, 0.05) is 29.0 Å². The van der Waals surface area contributed by atoms with Gasteiger partial charge >= 0.3 is 0 Å². The Bertz CT molecular complexity index is 1310. The Labute approximate surface area is 186 Å². The van der Waals surface area contributed by atoms with E-state index in [9.17, 15) is 17.6 Å². The Morgan fingerprint density at radius 2 is 2.13 bits per heavy atom. The molecular formula is C21H17BrFN3O4S.